The van der Waals surface area contributed by atoms with Gasteiger partial charge in [-0.25, -0.2) is 9.59 Å². The molecule has 0 saturated heterocycles. The smallest absolute Gasteiger partial charge is 0.362 e. The first-order valence-electron chi connectivity index (χ1n) is 4.91. The standard InChI is InChI=1S/C11H8F2N2O3/c12-11(13)8(9(16)17)6-15(10(18)14-11)7-4-2-1-3-5-7/h1-6H,(H,14,18)(H,16,17). The van der Waals surface area contributed by atoms with Crippen molar-refractivity contribution in [2.45, 2.75) is 6.05 Å². The minimum Gasteiger partial charge on any atom is -0.478 e. The third-order valence-corrected chi connectivity index (χ3v) is 2.34. The molecule has 0 bridgehead atoms. The molecule has 0 aliphatic carbocycles. The van der Waals surface area contributed by atoms with Crippen LogP contribution in [0.25, 0.3) is 0 Å². The number of carboxylic acids is 1. The van der Waals surface area contributed by atoms with Crippen LogP contribution in [0.3, 0.4) is 0 Å². The highest BCUT2D eigenvalue weighted by molar-refractivity contribution is 6.01. The molecule has 1 aliphatic heterocycles. The van der Waals surface area contributed by atoms with E-state index in [1.54, 1.807) is 18.2 Å². The molecule has 7 heteroatoms. The van der Waals surface area contributed by atoms with Crippen LogP contribution in [-0.2, 0) is 4.79 Å². The third kappa shape index (κ3) is 2.02. The van der Waals surface area contributed by atoms with E-state index in [-0.39, 0.29) is 0 Å². The van der Waals surface area contributed by atoms with E-state index < -0.39 is 23.6 Å². The summed E-state index contributed by atoms with van der Waals surface area (Å²) in [6.45, 7) is 0. The molecule has 0 atom stereocenters. The quantitative estimate of drug-likeness (QED) is 0.790. The fourth-order valence-corrected chi connectivity index (χ4v) is 1.50. The van der Waals surface area contributed by atoms with Crippen molar-refractivity contribution in [3.63, 3.8) is 0 Å². The Kier molecular flexibility index (Phi) is 2.74. The number of nitrogens with one attached hydrogen (secondary N) is 1. The number of carboxylic acid groups (broad SMARTS) is 1. The van der Waals surface area contributed by atoms with Gasteiger partial charge in [-0.1, -0.05) is 18.2 Å². The fraction of sp³-hybridized carbons (Fsp3) is 0.0909. The Morgan fingerprint density at radius 3 is 2.44 bits per heavy atom. The van der Waals surface area contributed by atoms with Crippen LogP contribution in [0.5, 0.6) is 0 Å². The minimum absolute atomic E-state index is 0.296. The number of para-hydroxylation sites is 1. The Balaban J connectivity index is 2.47. The summed E-state index contributed by atoms with van der Waals surface area (Å²) in [4.78, 5) is 23.0. The predicted molar refractivity (Wildman–Crippen MR) is 58.1 cm³/mol. The highest BCUT2D eigenvalue weighted by Gasteiger charge is 2.45. The van der Waals surface area contributed by atoms with Crippen LogP contribution >= 0.6 is 0 Å². The fourth-order valence-electron chi connectivity index (χ4n) is 1.50. The zero-order valence-electron chi connectivity index (χ0n) is 8.93. The molecule has 1 heterocycles. The van der Waals surface area contributed by atoms with Crippen LogP contribution in [0.1, 0.15) is 0 Å². The molecule has 18 heavy (non-hydrogen) atoms. The summed E-state index contributed by atoms with van der Waals surface area (Å²) < 4.78 is 26.5. The molecule has 0 unspecified atom stereocenters. The lowest BCUT2D eigenvalue weighted by Crippen LogP contribution is -2.54. The van der Waals surface area contributed by atoms with Crippen molar-refractivity contribution in [1.29, 1.82) is 0 Å². The number of anilines is 1. The molecule has 0 radical (unpaired) electrons. The number of benzene rings is 1. The Morgan fingerprint density at radius 1 is 1.28 bits per heavy atom. The van der Waals surface area contributed by atoms with E-state index in [1.165, 1.54) is 17.4 Å². The van der Waals surface area contributed by atoms with Crippen LogP contribution in [-0.4, -0.2) is 23.2 Å². The van der Waals surface area contributed by atoms with E-state index in [2.05, 4.69) is 0 Å². The molecule has 2 rings (SSSR count). The van der Waals surface area contributed by atoms with Crippen LogP contribution in [0.15, 0.2) is 42.1 Å². The number of alkyl halides is 2. The Morgan fingerprint density at radius 2 is 1.89 bits per heavy atom. The van der Waals surface area contributed by atoms with Gasteiger partial charge >= 0.3 is 18.0 Å². The van der Waals surface area contributed by atoms with Gasteiger partial charge in [0.05, 0.1) is 5.69 Å². The lowest BCUT2D eigenvalue weighted by atomic mass is 10.2. The highest BCUT2D eigenvalue weighted by Crippen LogP contribution is 2.28. The van der Waals surface area contributed by atoms with E-state index in [4.69, 9.17) is 5.11 Å². The number of aliphatic carboxylic acids is 1. The SMILES string of the molecule is O=C(O)C1=CN(c2ccccc2)C(=O)NC1(F)F. The molecule has 0 saturated carbocycles. The van der Waals surface area contributed by atoms with Crippen molar-refractivity contribution in [3.8, 4) is 0 Å². The first-order valence-corrected chi connectivity index (χ1v) is 4.91. The largest absolute Gasteiger partial charge is 0.478 e. The zero-order chi connectivity index (χ0) is 13.3. The number of rotatable bonds is 2. The molecule has 2 amide bonds. The third-order valence-electron chi connectivity index (χ3n) is 2.34. The van der Waals surface area contributed by atoms with Crippen molar-refractivity contribution in [2.75, 3.05) is 4.90 Å². The number of halogens is 2. The lowest BCUT2D eigenvalue weighted by molar-refractivity contribution is -0.136. The second kappa shape index (κ2) is 4.10. The molecular weight excluding hydrogens is 246 g/mol. The van der Waals surface area contributed by atoms with Crippen molar-refractivity contribution < 1.29 is 23.5 Å². The van der Waals surface area contributed by atoms with Gasteiger partial charge in [0.1, 0.15) is 5.57 Å². The molecule has 1 aromatic carbocycles. The van der Waals surface area contributed by atoms with E-state index in [9.17, 15) is 18.4 Å². The van der Waals surface area contributed by atoms with Gasteiger partial charge in [-0.2, -0.15) is 8.78 Å². The number of urea groups is 1. The zero-order valence-corrected chi connectivity index (χ0v) is 8.93. The van der Waals surface area contributed by atoms with Crippen LogP contribution in [0.2, 0.25) is 0 Å². The number of carbonyl (C=O) groups is 2. The van der Waals surface area contributed by atoms with Gasteiger partial charge < -0.3 is 5.11 Å². The first kappa shape index (κ1) is 12.0. The molecule has 0 fully saturated rings. The second-order valence-electron chi connectivity index (χ2n) is 3.56. The maximum atomic E-state index is 13.3. The summed E-state index contributed by atoms with van der Waals surface area (Å²) >= 11 is 0. The summed E-state index contributed by atoms with van der Waals surface area (Å²) in [6.07, 6.45) is 0.622. The van der Waals surface area contributed by atoms with Crippen molar-refractivity contribution >= 4 is 17.7 Å². The molecule has 1 aromatic rings. The summed E-state index contributed by atoms with van der Waals surface area (Å²) in [7, 11) is 0. The first-order chi connectivity index (χ1) is 8.42. The Labute approximate surface area is 100 Å². The van der Waals surface area contributed by atoms with Crippen molar-refractivity contribution in [1.82, 2.24) is 5.32 Å². The van der Waals surface area contributed by atoms with Gasteiger partial charge in [0.2, 0.25) is 0 Å². The molecule has 0 aromatic heterocycles. The summed E-state index contributed by atoms with van der Waals surface area (Å²) in [5.74, 6) is -1.79. The number of hydrogen-bond donors (Lipinski definition) is 2. The van der Waals surface area contributed by atoms with Gasteiger partial charge in [-0.15, -0.1) is 0 Å². The topological polar surface area (TPSA) is 69.6 Å². The molecule has 1 aliphatic rings. The number of hydrogen-bond acceptors (Lipinski definition) is 2. The molecule has 2 N–H and O–H groups in total. The monoisotopic (exact) mass is 254 g/mol. The van der Waals surface area contributed by atoms with E-state index in [1.807, 2.05) is 0 Å². The average molecular weight is 254 g/mol. The minimum atomic E-state index is -3.88. The molecule has 0 spiro atoms. The van der Waals surface area contributed by atoms with E-state index in [0.717, 1.165) is 4.90 Å². The summed E-state index contributed by atoms with van der Waals surface area (Å²) in [6, 6.07) is 2.91. The average Bonchev–Trinajstić information content (AvgIpc) is 2.28. The Hall–Kier alpha value is -2.44. The van der Waals surface area contributed by atoms with Gasteiger partial charge in [-0.3, -0.25) is 10.2 Å². The number of amides is 2. The molecule has 5 nitrogen and oxygen atoms in total. The van der Waals surface area contributed by atoms with Crippen LogP contribution in [0.4, 0.5) is 19.3 Å². The second-order valence-corrected chi connectivity index (χ2v) is 3.56. The van der Waals surface area contributed by atoms with Gasteiger partial charge in [-0.05, 0) is 12.1 Å². The maximum absolute atomic E-state index is 13.3. The lowest BCUT2D eigenvalue weighted by Gasteiger charge is -2.29. The van der Waals surface area contributed by atoms with Crippen LogP contribution in [0, 0.1) is 0 Å². The number of nitrogens with zero attached hydrogens (tertiary/aromatic N) is 1. The summed E-state index contributed by atoms with van der Waals surface area (Å²) in [5, 5.41) is 10.0. The van der Waals surface area contributed by atoms with Crippen molar-refractivity contribution in [2.24, 2.45) is 0 Å². The van der Waals surface area contributed by atoms with Gasteiger partial charge in [0, 0.05) is 6.20 Å². The van der Waals surface area contributed by atoms with Gasteiger partial charge in [0.15, 0.2) is 0 Å². The molecule has 94 valence electrons. The van der Waals surface area contributed by atoms with Crippen molar-refractivity contribution in [3.05, 3.63) is 42.1 Å². The Bertz CT molecular complexity index is 528. The van der Waals surface area contributed by atoms with Gasteiger partial charge in [0.25, 0.3) is 0 Å². The van der Waals surface area contributed by atoms with E-state index >= 15 is 0 Å². The predicted octanol–water partition coefficient (Wildman–Crippen LogP) is 1.78. The van der Waals surface area contributed by atoms with Crippen LogP contribution < -0.4 is 10.2 Å². The number of carbonyl (C=O) groups excluding carboxylic acids is 1. The van der Waals surface area contributed by atoms with E-state index in [0.29, 0.717) is 11.9 Å². The normalized spacial score (nSPS) is 18.0. The molecular formula is C11H8F2N2O3. The maximum Gasteiger partial charge on any atom is 0.362 e. The summed E-state index contributed by atoms with van der Waals surface area (Å²) in [5.41, 5.74) is -0.893. The highest BCUT2D eigenvalue weighted by atomic mass is 19.3.